The molecule has 2 aromatic carbocycles. The molecule has 0 aliphatic heterocycles. The third-order valence-electron chi connectivity index (χ3n) is 4.05. The Bertz CT molecular complexity index is 999. The van der Waals surface area contributed by atoms with E-state index in [1.165, 1.54) is 0 Å². The highest BCUT2D eigenvalue weighted by Gasteiger charge is 2.12. The monoisotopic (exact) mass is 328 g/mol. The van der Waals surface area contributed by atoms with E-state index in [1.54, 1.807) is 30.5 Å². The number of rotatable bonds is 3. The van der Waals surface area contributed by atoms with Crippen LogP contribution in [0.4, 0.5) is 0 Å². The van der Waals surface area contributed by atoms with Gasteiger partial charge in [-0.3, -0.25) is 4.98 Å². The van der Waals surface area contributed by atoms with Gasteiger partial charge in [-0.1, -0.05) is 12.1 Å². The highest BCUT2D eigenvalue weighted by molar-refractivity contribution is 5.92. The Balaban J connectivity index is 2.19. The number of nitrogens with zero attached hydrogens (tertiary/aromatic N) is 2. The third-order valence-corrected chi connectivity index (χ3v) is 4.05. The van der Waals surface area contributed by atoms with Crippen LogP contribution in [0.1, 0.15) is 27.0 Å². The zero-order valence-corrected chi connectivity index (χ0v) is 13.9. The Morgan fingerprint density at radius 2 is 1.80 bits per heavy atom. The van der Waals surface area contributed by atoms with E-state index in [-0.39, 0.29) is 5.56 Å². The number of nitriles is 1. The molecule has 0 amide bonds. The lowest BCUT2D eigenvalue weighted by Crippen LogP contribution is -1.98. The maximum Gasteiger partial charge on any atom is 0.335 e. The first kappa shape index (κ1) is 16.4. The summed E-state index contributed by atoms with van der Waals surface area (Å²) in [5.41, 5.74) is 5.91. The van der Waals surface area contributed by atoms with Gasteiger partial charge in [0.2, 0.25) is 0 Å². The second kappa shape index (κ2) is 6.58. The fraction of sp³-hybridized carbons (Fsp3) is 0.0952. The topological polar surface area (TPSA) is 74.0 Å². The summed E-state index contributed by atoms with van der Waals surface area (Å²) in [7, 11) is 0. The van der Waals surface area contributed by atoms with Crippen LogP contribution >= 0.6 is 0 Å². The average molecular weight is 328 g/mol. The van der Waals surface area contributed by atoms with Gasteiger partial charge in [0.25, 0.3) is 0 Å². The molecule has 0 saturated carbocycles. The molecule has 0 atom stereocenters. The van der Waals surface area contributed by atoms with Gasteiger partial charge in [0.05, 0.1) is 22.9 Å². The lowest BCUT2D eigenvalue weighted by Gasteiger charge is -2.11. The molecule has 25 heavy (non-hydrogen) atoms. The van der Waals surface area contributed by atoms with Gasteiger partial charge >= 0.3 is 5.97 Å². The maximum atomic E-state index is 11.5. The van der Waals surface area contributed by atoms with Crippen molar-refractivity contribution >= 4 is 5.97 Å². The number of hydrogen-bond acceptors (Lipinski definition) is 3. The van der Waals surface area contributed by atoms with Crippen molar-refractivity contribution in [3.8, 4) is 28.5 Å². The molecular formula is C21H16N2O2. The molecule has 0 spiro atoms. The molecule has 0 aliphatic carbocycles. The number of aromatic carboxylic acids is 1. The molecule has 0 aliphatic rings. The van der Waals surface area contributed by atoms with Crippen LogP contribution in [-0.2, 0) is 0 Å². The molecule has 1 N–H and O–H groups in total. The molecule has 0 bridgehead atoms. The zero-order chi connectivity index (χ0) is 18.0. The first-order valence-corrected chi connectivity index (χ1v) is 7.80. The predicted molar refractivity (Wildman–Crippen MR) is 96.3 cm³/mol. The zero-order valence-electron chi connectivity index (χ0n) is 13.9. The molecule has 4 heteroatoms. The molecule has 3 rings (SSSR count). The highest BCUT2D eigenvalue weighted by atomic mass is 16.4. The van der Waals surface area contributed by atoms with E-state index in [4.69, 9.17) is 5.26 Å². The summed E-state index contributed by atoms with van der Waals surface area (Å²) in [5.74, 6) is -0.985. The minimum absolute atomic E-state index is 0.207. The van der Waals surface area contributed by atoms with E-state index in [9.17, 15) is 9.90 Å². The lowest BCUT2D eigenvalue weighted by atomic mass is 9.94. The van der Waals surface area contributed by atoms with Crippen LogP contribution in [0.3, 0.4) is 0 Å². The smallest absolute Gasteiger partial charge is 0.335 e. The van der Waals surface area contributed by atoms with E-state index >= 15 is 0 Å². The Morgan fingerprint density at radius 1 is 1.04 bits per heavy atom. The molecule has 4 nitrogen and oxygen atoms in total. The van der Waals surface area contributed by atoms with Crippen molar-refractivity contribution in [1.29, 1.82) is 5.26 Å². The van der Waals surface area contributed by atoms with Crippen molar-refractivity contribution in [3.63, 3.8) is 0 Å². The van der Waals surface area contributed by atoms with Crippen molar-refractivity contribution in [3.05, 3.63) is 77.0 Å². The number of carboxylic acid groups (broad SMARTS) is 1. The quantitative estimate of drug-likeness (QED) is 0.762. The van der Waals surface area contributed by atoms with Crippen LogP contribution in [0.5, 0.6) is 0 Å². The van der Waals surface area contributed by atoms with Gasteiger partial charge in [0.1, 0.15) is 0 Å². The van der Waals surface area contributed by atoms with Crippen molar-refractivity contribution < 1.29 is 9.90 Å². The maximum absolute atomic E-state index is 11.5. The van der Waals surface area contributed by atoms with E-state index in [0.717, 1.165) is 33.5 Å². The number of aryl methyl sites for hydroxylation is 2. The number of pyridine rings is 1. The summed E-state index contributed by atoms with van der Waals surface area (Å²) < 4.78 is 0. The molecule has 1 aromatic heterocycles. The summed E-state index contributed by atoms with van der Waals surface area (Å²) in [4.78, 5) is 15.9. The predicted octanol–water partition coefficient (Wildman–Crippen LogP) is 4.60. The van der Waals surface area contributed by atoms with Crippen LogP contribution < -0.4 is 0 Å². The molecule has 122 valence electrons. The Hall–Kier alpha value is -3.45. The van der Waals surface area contributed by atoms with E-state index in [2.05, 4.69) is 11.1 Å². The highest BCUT2D eigenvalue weighted by Crippen LogP contribution is 2.30. The van der Waals surface area contributed by atoms with E-state index < -0.39 is 5.97 Å². The minimum Gasteiger partial charge on any atom is -0.478 e. The fourth-order valence-electron chi connectivity index (χ4n) is 2.75. The number of carboxylic acids is 1. The third kappa shape index (κ3) is 3.41. The van der Waals surface area contributed by atoms with Gasteiger partial charge < -0.3 is 5.11 Å². The number of benzene rings is 2. The summed E-state index contributed by atoms with van der Waals surface area (Å²) in [6.07, 6.45) is 1.76. The van der Waals surface area contributed by atoms with Gasteiger partial charge in [-0.15, -0.1) is 0 Å². The summed E-state index contributed by atoms with van der Waals surface area (Å²) >= 11 is 0. The Kier molecular flexibility index (Phi) is 4.32. The first-order chi connectivity index (χ1) is 12.0. The Morgan fingerprint density at radius 3 is 2.40 bits per heavy atom. The molecule has 0 unspecified atom stereocenters. The van der Waals surface area contributed by atoms with Crippen molar-refractivity contribution in [1.82, 2.24) is 4.98 Å². The van der Waals surface area contributed by atoms with E-state index in [0.29, 0.717) is 5.56 Å². The van der Waals surface area contributed by atoms with E-state index in [1.807, 2.05) is 38.1 Å². The standard InChI is InChI=1S/C21H16N2O2/c1-13-3-6-20(23-12-13)17-8-16(9-18(10-17)21(24)25)19-5-4-15(11-22)7-14(19)2/h3-10,12H,1-2H3,(H,24,25). The number of hydrogen-bond donors (Lipinski definition) is 1. The largest absolute Gasteiger partial charge is 0.478 e. The summed E-state index contributed by atoms with van der Waals surface area (Å²) in [5, 5.41) is 18.5. The van der Waals surface area contributed by atoms with Gasteiger partial charge in [-0.25, -0.2) is 4.79 Å². The van der Waals surface area contributed by atoms with Gasteiger partial charge in [-0.05, 0) is 72.5 Å². The van der Waals surface area contributed by atoms with Crippen molar-refractivity contribution in [2.24, 2.45) is 0 Å². The molecule has 1 heterocycles. The number of aromatic nitrogens is 1. The van der Waals surface area contributed by atoms with Crippen LogP contribution in [0.25, 0.3) is 22.4 Å². The number of carbonyl (C=O) groups is 1. The SMILES string of the molecule is Cc1ccc(-c2cc(C(=O)O)cc(-c3ccc(C#N)cc3C)c2)nc1. The second-order valence-corrected chi connectivity index (χ2v) is 5.97. The van der Waals surface area contributed by atoms with Gasteiger partial charge in [-0.2, -0.15) is 5.26 Å². The average Bonchev–Trinajstić information content (AvgIpc) is 2.61. The minimum atomic E-state index is -0.985. The second-order valence-electron chi connectivity index (χ2n) is 5.97. The van der Waals surface area contributed by atoms with Crippen LogP contribution in [-0.4, -0.2) is 16.1 Å². The van der Waals surface area contributed by atoms with Crippen LogP contribution in [0.15, 0.2) is 54.7 Å². The summed E-state index contributed by atoms with van der Waals surface area (Å²) in [6.45, 7) is 3.86. The fourth-order valence-corrected chi connectivity index (χ4v) is 2.75. The van der Waals surface area contributed by atoms with Gasteiger partial charge in [0, 0.05) is 11.8 Å². The van der Waals surface area contributed by atoms with Crippen LogP contribution in [0.2, 0.25) is 0 Å². The van der Waals surface area contributed by atoms with Gasteiger partial charge in [0.15, 0.2) is 0 Å². The lowest BCUT2D eigenvalue weighted by molar-refractivity contribution is 0.0697. The van der Waals surface area contributed by atoms with Crippen LogP contribution in [0, 0.1) is 25.2 Å². The molecule has 3 aromatic rings. The summed E-state index contributed by atoms with van der Waals surface area (Å²) in [6, 6.07) is 16.5. The van der Waals surface area contributed by atoms with Crippen molar-refractivity contribution in [2.45, 2.75) is 13.8 Å². The first-order valence-electron chi connectivity index (χ1n) is 7.80. The Labute approximate surface area is 146 Å². The normalized spacial score (nSPS) is 10.3. The van der Waals surface area contributed by atoms with Crippen molar-refractivity contribution in [2.75, 3.05) is 0 Å². The molecular weight excluding hydrogens is 312 g/mol. The molecule has 0 radical (unpaired) electrons. The molecule has 0 saturated heterocycles. The molecule has 0 fully saturated rings.